The molecule has 1 spiro atoms. The van der Waals surface area contributed by atoms with Gasteiger partial charge in [0.25, 0.3) is 5.91 Å². The molecule has 2 fully saturated rings. The molecule has 1 aliphatic carbocycles. The molecule has 2 atom stereocenters. The van der Waals surface area contributed by atoms with Gasteiger partial charge in [0.2, 0.25) is 5.91 Å². The molecule has 0 radical (unpaired) electrons. The number of amides is 4. The van der Waals surface area contributed by atoms with Gasteiger partial charge in [-0.15, -0.1) is 0 Å². The molecule has 1 aromatic carbocycles. The van der Waals surface area contributed by atoms with Crippen molar-refractivity contribution in [3.8, 4) is 5.69 Å². The van der Waals surface area contributed by atoms with E-state index in [0.717, 1.165) is 29.0 Å². The van der Waals surface area contributed by atoms with E-state index in [1.165, 1.54) is 12.1 Å². The van der Waals surface area contributed by atoms with Crippen molar-refractivity contribution in [1.82, 2.24) is 25.3 Å². The molecule has 1 aliphatic heterocycles. The van der Waals surface area contributed by atoms with Gasteiger partial charge in [-0.1, -0.05) is 12.8 Å². The van der Waals surface area contributed by atoms with Crippen molar-refractivity contribution < 1.29 is 18.8 Å². The number of urea groups is 1. The summed E-state index contributed by atoms with van der Waals surface area (Å²) in [6.07, 6.45) is 4.64. The van der Waals surface area contributed by atoms with Crippen molar-refractivity contribution in [3.05, 3.63) is 47.5 Å². The Bertz CT molecular complexity index is 1030. The Balaban J connectivity index is 1.47. The summed E-state index contributed by atoms with van der Waals surface area (Å²) < 4.78 is 14.9. The minimum atomic E-state index is -0.928. The van der Waals surface area contributed by atoms with Gasteiger partial charge < -0.3 is 10.6 Å². The van der Waals surface area contributed by atoms with Gasteiger partial charge >= 0.3 is 6.03 Å². The first-order valence-corrected chi connectivity index (χ1v) is 10.5. The van der Waals surface area contributed by atoms with Crippen molar-refractivity contribution in [2.45, 2.75) is 64.1 Å². The van der Waals surface area contributed by atoms with Crippen LogP contribution in [0, 0.1) is 12.7 Å². The number of nitrogens with zero attached hydrogens (tertiary/aromatic N) is 3. The molecule has 164 valence electrons. The largest absolute Gasteiger partial charge is 0.348 e. The first kappa shape index (κ1) is 21.0. The molecule has 4 rings (SSSR count). The molecule has 8 nitrogen and oxygen atoms in total. The molecular weight excluding hydrogens is 401 g/mol. The highest BCUT2D eigenvalue weighted by atomic mass is 19.1. The van der Waals surface area contributed by atoms with Crippen LogP contribution in [0.2, 0.25) is 0 Å². The first-order valence-electron chi connectivity index (χ1n) is 10.5. The Morgan fingerprint density at radius 2 is 1.84 bits per heavy atom. The van der Waals surface area contributed by atoms with Gasteiger partial charge in [0.05, 0.1) is 17.9 Å². The Morgan fingerprint density at radius 1 is 1.19 bits per heavy atom. The van der Waals surface area contributed by atoms with Gasteiger partial charge in [0, 0.05) is 11.3 Å². The fourth-order valence-corrected chi connectivity index (χ4v) is 4.53. The Labute approximate surface area is 179 Å². The van der Waals surface area contributed by atoms with Crippen LogP contribution in [0.5, 0.6) is 0 Å². The van der Waals surface area contributed by atoms with Crippen molar-refractivity contribution in [2.24, 2.45) is 0 Å². The van der Waals surface area contributed by atoms with Crippen LogP contribution in [0.15, 0.2) is 30.5 Å². The molecule has 2 aliphatic rings. The Kier molecular flexibility index (Phi) is 5.28. The van der Waals surface area contributed by atoms with Crippen molar-refractivity contribution in [3.63, 3.8) is 0 Å². The third-order valence-electron chi connectivity index (χ3n) is 6.36. The summed E-state index contributed by atoms with van der Waals surface area (Å²) in [5.74, 6) is -1.06. The lowest BCUT2D eigenvalue weighted by molar-refractivity contribution is -0.138. The van der Waals surface area contributed by atoms with Crippen LogP contribution in [0.1, 0.15) is 56.8 Å². The van der Waals surface area contributed by atoms with Crippen molar-refractivity contribution >= 4 is 17.8 Å². The summed E-state index contributed by atoms with van der Waals surface area (Å²) in [6, 6.07) is 4.13. The Hall–Kier alpha value is -3.23. The van der Waals surface area contributed by atoms with Gasteiger partial charge in [-0.3, -0.25) is 9.59 Å². The zero-order chi connectivity index (χ0) is 22.3. The number of imide groups is 1. The lowest BCUT2D eigenvalue weighted by Crippen LogP contribution is -2.50. The van der Waals surface area contributed by atoms with Crippen LogP contribution in [0.3, 0.4) is 0 Å². The number of aromatic nitrogens is 2. The second kappa shape index (κ2) is 7.79. The second-order valence-corrected chi connectivity index (χ2v) is 8.37. The zero-order valence-corrected chi connectivity index (χ0v) is 17.8. The standard InChI is InChI=1S/C22H26FN5O3/c1-13(18-12-24-28(14(18)2)17-8-6-16(23)7-9-17)25-19(29)15(3)27-20(30)22(26-21(27)31)10-4-5-11-22/h6-9,12-13,15H,4-5,10-11H2,1-3H3,(H,25,29)(H,26,31). The molecule has 2 aromatic rings. The van der Waals surface area contributed by atoms with Crippen LogP contribution in [0.4, 0.5) is 9.18 Å². The van der Waals surface area contributed by atoms with E-state index in [1.807, 2.05) is 13.8 Å². The summed E-state index contributed by atoms with van der Waals surface area (Å²) in [7, 11) is 0. The molecule has 1 saturated heterocycles. The smallest absolute Gasteiger partial charge is 0.325 e. The maximum atomic E-state index is 13.2. The van der Waals surface area contributed by atoms with Crippen LogP contribution in [0.25, 0.3) is 5.69 Å². The lowest BCUT2D eigenvalue weighted by Gasteiger charge is -2.25. The molecule has 31 heavy (non-hydrogen) atoms. The number of carbonyl (C=O) groups excluding carboxylic acids is 3. The number of nitrogens with one attached hydrogen (secondary N) is 2. The molecule has 1 aromatic heterocycles. The molecule has 0 bridgehead atoms. The monoisotopic (exact) mass is 427 g/mol. The van der Waals surface area contributed by atoms with E-state index >= 15 is 0 Å². The average molecular weight is 427 g/mol. The number of rotatable bonds is 5. The molecular formula is C22H26FN5O3. The van der Waals surface area contributed by atoms with E-state index in [1.54, 1.807) is 29.9 Å². The summed E-state index contributed by atoms with van der Waals surface area (Å²) in [5, 5.41) is 10.0. The van der Waals surface area contributed by atoms with Crippen LogP contribution in [-0.4, -0.2) is 44.1 Å². The third kappa shape index (κ3) is 3.58. The minimum absolute atomic E-state index is 0.314. The maximum Gasteiger partial charge on any atom is 0.325 e. The number of carbonyl (C=O) groups is 3. The van der Waals surface area contributed by atoms with Gasteiger partial charge in [-0.25, -0.2) is 18.8 Å². The fraction of sp³-hybridized carbons (Fsp3) is 0.455. The van der Waals surface area contributed by atoms with E-state index in [4.69, 9.17) is 0 Å². The van der Waals surface area contributed by atoms with Gasteiger partial charge in [0.1, 0.15) is 17.4 Å². The summed E-state index contributed by atoms with van der Waals surface area (Å²) >= 11 is 0. The number of halogens is 1. The molecule has 2 unspecified atom stereocenters. The normalized spacial score (nSPS) is 19.5. The van der Waals surface area contributed by atoms with Crippen LogP contribution < -0.4 is 10.6 Å². The molecule has 2 heterocycles. The van der Waals surface area contributed by atoms with E-state index < -0.39 is 29.6 Å². The average Bonchev–Trinajstić information content (AvgIpc) is 3.41. The summed E-state index contributed by atoms with van der Waals surface area (Å²) in [5.41, 5.74) is 1.45. The van der Waals surface area contributed by atoms with Gasteiger partial charge in [-0.05, 0) is 57.9 Å². The predicted octanol–water partition coefficient (Wildman–Crippen LogP) is 2.75. The maximum absolute atomic E-state index is 13.2. The lowest BCUT2D eigenvalue weighted by atomic mass is 9.97. The van der Waals surface area contributed by atoms with Crippen molar-refractivity contribution in [1.29, 1.82) is 0 Å². The topological polar surface area (TPSA) is 96.3 Å². The first-order chi connectivity index (χ1) is 14.7. The van der Waals surface area contributed by atoms with E-state index in [-0.39, 0.29) is 11.7 Å². The van der Waals surface area contributed by atoms with Crippen molar-refractivity contribution in [2.75, 3.05) is 0 Å². The second-order valence-electron chi connectivity index (χ2n) is 8.37. The fourth-order valence-electron chi connectivity index (χ4n) is 4.53. The van der Waals surface area contributed by atoms with Gasteiger partial charge in [0.15, 0.2) is 0 Å². The molecule has 9 heteroatoms. The highest BCUT2D eigenvalue weighted by molar-refractivity contribution is 6.10. The highest BCUT2D eigenvalue weighted by Crippen LogP contribution is 2.35. The van der Waals surface area contributed by atoms with Crippen LogP contribution >= 0.6 is 0 Å². The molecule has 4 amide bonds. The quantitative estimate of drug-likeness (QED) is 0.717. The minimum Gasteiger partial charge on any atom is -0.348 e. The summed E-state index contributed by atoms with van der Waals surface area (Å²) in [6.45, 7) is 5.23. The summed E-state index contributed by atoms with van der Waals surface area (Å²) in [4.78, 5) is 39.3. The third-order valence-corrected chi connectivity index (χ3v) is 6.36. The van der Waals surface area contributed by atoms with E-state index in [0.29, 0.717) is 18.5 Å². The van der Waals surface area contributed by atoms with E-state index in [9.17, 15) is 18.8 Å². The highest BCUT2D eigenvalue weighted by Gasteiger charge is 2.54. The number of hydrogen-bond acceptors (Lipinski definition) is 4. The number of benzene rings is 1. The predicted molar refractivity (Wildman–Crippen MR) is 111 cm³/mol. The number of hydrogen-bond donors (Lipinski definition) is 2. The zero-order valence-electron chi connectivity index (χ0n) is 17.8. The van der Waals surface area contributed by atoms with Gasteiger partial charge in [-0.2, -0.15) is 5.10 Å². The van der Waals surface area contributed by atoms with Crippen LogP contribution in [-0.2, 0) is 9.59 Å². The Morgan fingerprint density at radius 3 is 2.48 bits per heavy atom. The molecule has 1 saturated carbocycles. The van der Waals surface area contributed by atoms with E-state index in [2.05, 4.69) is 15.7 Å². The SMILES string of the molecule is Cc1c(C(C)NC(=O)C(C)N2C(=O)NC3(CCCC3)C2=O)cnn1-c1ccc(F)cc1. The molecule has 2 N–H and O–H groups in total.